The zero-order chi connectivity index (χ0) is 19.9. The summed E-state index contributed by atoms with van der Waals surface area (Å²) in [5.74, 6) is -1.29. The van der Waals surface area contributed by atoms with Crippen LogP contribution in [0.25, 0.3) is 0 Å². The van der Waals surface area contributed by atoms with E-state index in [1.54, 1.807) is 0 Å². The van der Waals surface area contributed by atoms with Crippen molar-refractivity contribution >= 4 is 17.6 Å². The van der Waals surface area contributed by atoms with Gasteiger partial charge in [0.2, 0.25) is 5.91 Å². The molecule has 1 aliphatic rings. The van der Waals surface area contributed by atoms with E-state index in [1.807, 2.05) is 0 Å². The molecule has 1 aromatic carbocycles. The number of rotatable bonds is 6. The molecule has 0 aliphatic heterocycles. The van der Waals surface area contributed by atoms with Crippen molar-refractivity contribution in [3.63, 3.8) is 0 Å². The van der Waals surface area contributed by atoms with E-state index in [0.29, 0.717) is 12.1 Å². The lowest BCUT2D eigenvalue weighted by Gasteiger charge is -2.24. The molecule has 1 amide bonds. The lowest BCUT2D eigenvalue weighted by atomic mass is 9.95. The summed E-state index contributed by atoms with van der Waals surface area (Å²) < 4.78 is 45.0. The van der Waals surface area contributed by atoms with Crippen molar-refractivity contribution in [3.8, 4) is 5.75 Å². The Hall–Kier alpha value is -2.29. The number of anilines is 1. The van der Waals surface area contributed by atoms with E-state index in [9.17, 15) is 22.8 Å². The molecule has 2 N–H and O–H groups in total. The Kier molecular flexibility index (Phi) is 7.46. The van der Waals surface area contributed by atoms with Gasteiger partial charge >= 0.3 is 12.3 Å². The highest BCUT2D eigenvalue weighted by atomic mass is 19.4. The Morgan fingerprint density at radius 2 is 1.78 bits per heavy atom. The lowest BCUT2D eigenvalue weighted by Crippen LogP contribution is -2.43. The third-order valence-electron chi connectivity index (χ3n) is 4.42. The monoisotopic (exact) mass is 388 g/mol. The molecule has 0 aromatic heterocycles. The summed E-state index contributed by atoms with van der Waals surface area (Å²) in [5.41, 5.74) is 0.349. The number of carbonyl (C=O) groups excluding carboxylic acids is 2. The number of carbonyl (C=O) groups is 2. The summed E-state index contributed by atoms with van der Waals surface area (Å²) in [6, 6.07) is 4.74. The molecule has 1 aliphatic carbocycles. The first-order valence-corrected chi connectivity index (χ1v) is 8.75. The second-order valence-corrected chi connectivity index (χ2v) is 6.38. The second kappa shape index (κ2) is 9.59. The first kappa shape index (κ1) is 21.0. The van der Waals surface area contributed by atoms with Crippen molar-refractivity contribution < 1.29 is 32.2 Å². The van der Waals surface area contributed by atoms with Crippen LogP contribution in [0.5, 0.6) is 5.75 Å². The van der Waals surface area contributed by atoms with Crippen molar-refractivity contribution in [1.29, 1.82) is 0 Å². The summed E-state index contributed by atoms with van der Waals surface area (Å²) in [4.78, 5) is 24.0. The Balaban J connectivity index is 1.86. The van der Waals surface area contributed by atoms with Gasteiger partial charge in [-0.2, -0.15) is 0 Å². The maximum Gasteiger partial charge on any atom is 0.573 e. The van der Waals surface area contributed by atoms with Gasteiger partial charge < -0.3 is 20.1 Å². The van der Waals surface area contributed by atoms with Crippen molar-refractivity contribution in [3.05, 3.63) is 24.3 Å². The molecular weight excluding hydrogens is 365 g/mol. The quantitative estimate of drug-likeness (QED) is 0.578. The molecule has 150 valence electrons. The van der Waals surface area contributed by atoms with Crippen LogP contribution >= 0.6 is 0 Å². The smallest absolute Gasteiger partial charge is 0.469 e. The number of methoxy groups -OCH3 is 1. The summed E-state index contributed by atoms with van der Waals surface area (Å²) in [7, 11) is 1.35. The highest BCUT2D eigenvalue weighted by Crippen LogP contribution is 2.25. The van der Waals surface area contributed by atoms with Gasteiger partial charge in [-0.15, -0.1) is 13.2 Å². The van der Waals surface area contributed by atoms with Crippen LogP contribution in [0, 0.1) is 5.92 Å². The fourth-order valence-electron chi connectivity index (χ4n) is 3.15. The fourth-order valence-corrected chi connectivity index (χ4v) is 3.15. The van der Waals surface area contributed by atoms with Crippen LogP contribution in [-0.2, 0) is 14.3 Å². The number of alkyl halides is 3. The zero-order valence-electron chi connectivity index (χ0n) is 15.0. The van der Waals surface area contributed by atoms with Gasteiger partial charge in [0, 0.05) is 11.7 Å². The number of hydrogen-bond acceptors (Lipinski definition) is 5. The van der Waals surface area contributed by atoms with E-state index in [2.05, 4.69) is 15.4 Å². The molecule has 9 heteroatoms. The zero-order valence-corrected chi connectivity index (χ0v) is 15.0. The van der Waals surface area contributed by atoms with E-state index in [-0.39, 0.29) is 36.1 Å². The number of amides is 1. The molecule has 1 saturated carbocycles. The molecule has 2 atom stereocenters. The van der Waals surface area contributed by atoms with E-state index >= 15 is 0 Å². The molecule has 0 radical (unpaired) electrons. The Morgan fingerprint density at radius 1 is 1.11 bits per heavy atom. The first-order chi connectivity index (χ1) is 12.8. The summed E-state index contributed by atoms with van der Waals surface area (Å²) in [6.45, 7) is -0.0149. The molecule has 1 fully saturated rings. The van der Waals surface area contributed by atoms with Gasteiger partial charge in [0.25, 0.3) is 0 Å². The van der Waals surface area contributed by atoms with E-state index in [4.69, 9.17) is 4.74 Å². The predicted molar refractivity (Wildman–Crippen MR) is 92.1 cm³/mol. The first-order valence-electron chi connectivity index (χ1n) is 8.75. The standard InChI is InChI=1S/C18H23F3N2O4/c1-26-17(25)14-5-3-2-4-6-15(14)22-11-16(24)23-12-7-9-13(10-8-12)27-18(19,20)21/h7-10,14-15,22H,2-6,11H2,1H3,(H,23,24). The van der Waals surface area contributed by atoms with Gasteiger partial charge in [-0.25, -0.2) is 0 Å². The van der Waals surface area contributed by atoms with Crippen molar-refractivity contribution in [2.45, 2.75) is 44.5 Å². The van der Waals surface area contributed by atoms with Crippen LogP contribution in [0.1, 0.15) is 32.1 Å². The van der Waals surface area contributed by atoms with E-state index in [1.165, 1.54) is 19.2 Å². The maximum atomic E-state index is 12.1. The summed E-state index contributed by atoms with van der Waals surface area (Å²) >= 11 is 0. The fraction of sp³-hybridized carbons (Fsp3) is 0.556. The van der Waals surface area contributed by atoms with Crippen molar-refractivity contribution in [2.24, 2.45) is 5.92 Å². The van der Waals surface area contributed by atoms with E-state index in [0.717, 1.165) is 37.8 Å². The maximum absolute atomic E-state index is 12.1. The lowest BCUT2D eigenvalue weighted by molar-refractivity contribution is -0.274. The molecule has 0 heterocycles. The van der Waals surface area contributed by atoms with Crippen LogP contribution in [0.3, 0.4) is 0 Å². The van der Waals surface area contributed by atoms with Gasteiger partial charge in [0.15, 0.2) is 0 Å². The number of esters is 1. The van der Waals surface area contributed by atoms with Crippen LogP contribution in [0.4, 0.5) is 18.9 Å². The number of nitrogens with one attached hydrogen (secondary N) is 2. The molecule has 0 saturated heterocycles. The van der Waals surface area contributed by atoms with Crippen LogP contribution in [0.15, 0.2) is 24.3 Å². The Morgan fingerprint density at radius 3 is 2.41 bits per heavy atom. The average molecular weight is 388 g/mol. The number of hydrogen-bond donors (Lipinski definition) is 2. The third-order valence-corrected chi connectivity index (χ3v) is 4.42. The van der Waals surface area contributed by atoms with Gasteiger partial charge in [0.05, 0.1) is 19.6 Å². The van der Waals surface area contributed by atoms with Gasteiger partial charge in [-0.3, -0.25) is 9.59 Å². The molecule has 2 rings (SSSR count). The summed E-state index contributed by atoms with van der Waals surface area (Å²) in [6.07, 6.45) is -0.332. The van der Waals surface area contributed by atoms with Gasteiger partial charge in [-0.05, 0) is 37.1 Å². The van der Waals surface area contributed by atoms with Crippen LogP contribution in [0.2, 0.25) is 0 Å². The van der Waals surface area contributed by atoms with Crippen LogP contribution < -0.4 is 15.4 Å². The predicted octanol–water partition coefficient (Wildman–Crippen LogP) is 3.24. The molecular formula is C18H23F3N2O4. The normalized spacial score (nSPS) is 20.4. The highest BCUT2D eigenvalue weighted by Gasteiger charge is 2.31. The van der Waals surface area contributed by atoms with E-state index < -0.39 is 6.36 Å². The number of halogens is 3. The van der Waals surface area contributed by atoms with Crippen LogP contribution in [-0.4, -0.2) is 37.9 Å². The summed E-state index contributed by atoms with van der Waals surface area (Å²) in [5, 5.41) is 5.69. The number of ether oxygens (including phenoxy) is 2. The second-order valence-electron chi connectivity index (χ2n) is 6.38. The largest absolute Gasteiger partial charge is 0.573 e. The Labute approximate surface area is 155 Å². The highest BCUT2D eigenvalue weighted by molar-refractivity contribution is 5.92. The molecule has 0 spiro atoms. The van der Waals surface area contributed by atoms with Gasteiger partial charge in [-0.1, -0.05) is 19.3 Å². The molecule has 27 heavy (non-hydrogen) atoms. The van der Waals surface area contributed by atoms with Crippen molar-refractivity contribution in [1.82, 2.24) is 5.32 Å². The third kappa shape index (κ3) is 7.09. The molecule has 2 unspecified atom stereocenters. The minimum absolute atomic E-state index is 0.0149. The van der Waals surface area contributed by atoms with Gasteiger partial charge in [0.1, 0.15) is 5.75 Å². The molecule has 0 bridgehead atoms. The minimum Gasteiger partial charge on any atom is -0.469 e. The minimum atomic E-state index is -4.76. The number of benzene rings is 1. The average Bonchev–Trinajstić information content (AvgIpc) is 2.85. The Bertz CT molecular complexity index is 634. The topological polar surface area (TPSA) is 76.7 Å². The van der Waals surface area contributed by atoms with Crippen molar-refractivity contribution in [2.75, 3.05) is 19.0 Å². The molecule has 1 aromatic rings. The molecule has 6 nitrogen and oxygen atoms in total. The SMILES string of the molecule is COC(=O)C1CCCCCC1NCC(=O)Nc1ccc(OC(F)(F)F)cc1.